The fourth-order valence-electron chi connectivity index (χ4n) is 13.1. The minimum Gasteiger partial charge on any atom is -0.103 e. The number of hydrogen-bond donors (Lipinski definition) is 0. The molecule has 0 radical (unpaired) electrons. The molecule has 8 atom stereocenters. The second-order valence-corrected chi connectivity index (χ2v) is 25.4. The number of rotatable bonds is 19. The highest BCUT2D eigenvalue weighted by Gasteiger charge is 2.48. The Bertz CT molecular complexity index is 2430. The van der Waals surface area contributed by atoms with Crippen LogP contribution in [0.25, 0.3) is 18.2 Å². The lowest BCUT2D eigenvalue weighted by Gasteiger charge is -2.53. The Morgan fingerprint density at radius 1 is 0.429 bits per heavy atom. The maximum atomic E-state index is 3.92. The van der Waals surface area contributed by atoms with E-state index in [0.717, 1.165) is 41.9 Å². The third kappa shape index (κ3) is 19.0. The average molecular weight is 1030 g/mol. The van der Waals surface area contributed by atoms with Crippen molar-refractivity contribution in [2.24, 2.45) is 69.0 Å². The quantitative estimate of drug-likeness (QED) is 0.0723. The maximum absolute atomic E-state index is 3.92. The van der Waals surface area contributed by atoms with Gasteiger partial charge in [0.25, 0.3) is 0 Å². The SMILES string of the molecule is C.C=CC[C@H]1C[C@@H](/C=C/c2ccccc2)C1(C)C.C=C[C@@H]1C[C@H](C/C=C/c2ccccc2)C1(C)C.C=Cc1ccccc1.CCC[C@H]1C[C@@H](CCc2ccccc2)C1(C)C.CC[C@@H]1C[C@H](CCCc2ccccc2)C1(C)C. The Kier molecular flexibility index (Phi) is 26.7. The van der Waals surface area contributed by atoms with Gasteiger partial charge in [-0.2, -0.15) is 0 Å². The predicted octanol–water partition coefficient (Wildman–Crippen LogP) is 23.0. The van der Waals surface area contributed by atoms with E-state index in [1.54, 1.807) is 0 Å². The molecule has 5 aromatic rings. The molecule has 416 valence electrons. The van der Waals surface area contributed by atoms with Gasteiger partial charge in [0.2, 0.25) is 0 Å². The van der Waals surface area contributed by atoms with Gasteiger partial charge < -0.3 is 0 Å². The van der Waals surface area contributed by atoms with Gasteiger partial charge in [-0.1, -0.05) is 297 Å². The standard InChI is InChI=1S/C17H26.C17H22.C17H26.C17H22.C8H8.CH4/c2*1-4-15-13-16(17(15,2)3)12-8-11-14-9-6-5-7-10-14;2*1-4-8-15-13-16(17(15,2)3)12-11-14-9-6-5-7-10-14;1-2-8-6-4-3-5-7-8;/h5-7,9-10,15-16H,4,8,11-13H2,1-3H3;4-11,15-16H,1,12-13H2,2-3H3;5-7,9-10,15-16H,4,8,11-13H2,1-3H3;4-7,9-12,15-16H,1,8,13H2,2-3H3;2-7H,1H2;1H4/b;11-8+;;12-11+;;/t4*15-,16+;;/m1100../s1. The molecule has 0 aromatic heterocycles. The molecule has 4 aliphatic carbocycles. The summed E-state index contributed by atoms with van der Waals surface area (Å²) in [4.78, 5) is 0. The van der Waals surface area contributed by atoms with Gasteiger partial charge in [-0.25, -0.2) is 0 Å². The van der Waals surface area contributed by atoms with Gasteiger partial charge in [0.1, 0.15) is 0 Å². The van der Waals surface area contributed by atoms with Crippen LogP contribution in [0.1, 0.15) is 182 Å². The molecule has 4 fully saturated rings. The molecular weight excluding hydrogens is 925 g/mol. The molecule has 0 amide bonds. The first-order valence-corrected chi connectivity index (χ1v) is 29.9. The molecule has 0 saturated heterocycles. The monoisotopic (exact) mass is 1030 g/mol. The van der Waals surface area contributed by atoms with Gasteiger partial charge in [-0.05, 0) is 167 Å². The molecule has 4 aliphatic rings. The van der Waals surface area contributed by atoms with E-state index in [9.17, 15) is 0 Å². The van der Waals surface area contributed by atoms with Crippen LogP contribution in [0, 0.1) is 69.0 Å². The average Bonchev–Trinajstić information content (AvgIpc) is 3.43. The summed E-state index contributed by atoms with van der Waals surface area (Å²) in [7, 11) is 0. The van der Waals surface area contributed by atoms with Crippen LogP contribution in [0.5, 0.6) is 0 Å². The largest absolute Gasteiger partial charge is 0.103 e. The van der Waals surface area contributed by atoms with Gasteiger partial charge in [-0.3, -0.25) is 0 Å². The normalized spacial score (nSPS) is 24.4. The van der Waals surface area contributed by atoms with Crippen LogP contribution in [-0.4, -0.2) is 0 Å². The van der Waals surface area contributed by atoms with E-state index in [4.69, 9.17) is 0 Å². The second-order valence-electron chi connectivity index (χ2n) is 25.4. The van der Waals surface area contributed by atoms with Crippen molar-refractivity contribution in [1.82, 2.24) is 0 Å². The maximum Gasteiger partial charge on any atom is -0.0173 e. The van der Waals surface area contributed by atoms with Crippen molar-refractivity contribution in [3.8, 4) is 0 Å². The van der Waals surface area contributed by atoms with Crippen molar-refractivity contribution in [2.45, 2.75) is 167 Å². The summed E-state index contributed by atoms with van der Waals surface area (Å²) in [5.41, 5.74) is 8.82. The lowest BCUT2D eigenvalue weighted by Crippen LogP contribution is -2.44. The van der Waals surface area contributed by atoms with E-state index in [1.165, 1.54) is 111 Å². The summed E-state index contributed by atoms with van der Waals surface area (Å²) in [6.07, 6.45) is 33.9. The molecule has 0 spiro atoms. The zero-order valence-corrected chi connectivity index (χ0v) is 49.6. The lowest BCUT2D eigenvalue weighted by atomic mass is 9.52. The number of allylic oxidation sites excluding steroid dienone is 4. The van der Waals surface area contributed by atoms with Crippen molar-refractivity contribution in [3.63, 3.8) is 0 Å². The fraction of sp³-hybridized carbons (Fsp3) is 0.481. The van der Waals surface area contributed by atoms with Crippen LogP contribution < -0.4 is 0 Å². The number of benzene rings is 5. The van der Waals surface area contributed by atoms with Gasteiger partial charge in [0, 0.05) is 0 Å². The second kappa shape index (κ2) is 32.0. The van der Waals surface area contributed by atoms with Gasteiger partial charge >= 0.3 is 0 Å². The van der Waals surface area contributed by atoms with E-state index < -0.39 is 0 Å². The first-order valence-electron chi connectivity index (χ1n) is 29.9. The van der Waals surface area contributed by atoms with Crippen LogP contribution in [0.3, 0.4) is 0 Å². The molecule has 0 bridgehead atoms. The van der Waals surface area contributed by atoms with E-state index in [-0.39, 0.29) is 7.43 Å². The molecule has 4 saturated carbocycles. The fourth-order valence-corrected chi connectivity index (χ4v) is 13.1. The third-order valence-electron chi connectivity index (χ3n) is 19.7. The molecule has 77 heavy (non-hydrogen) atoms. The first kappa shape index (κ1) is 64.3. The zero-order chi connectivity index (χ0) is 55.0. The highest BCUT2D eigenvalue weighted by atomic mass is 14.5. The van der Waals surface area contributed by atoms with Gasteiger partial charge in [0.05, 0.1) is 0 Å². The minimum atomic E-state index is 0. The van der Waals surface area contributed by atoms with E-state index in [1.807, 2.05) is 36.4 Å². The smallest absolute Gasteiger partial charge is 0.0173 e. The van der Waals surface area contributed by atoms with E-state index in [0.29, 0.717) is 33.5 Å². The highest BCUT2D eigenvalue weighted by molar-refractivity contribution is 5.50. The van der Waals surface area contributed by atoms with Crippen molar-refractivity contribution in [1.29, 1.82) is 0 Å². The van der Waals surface area contributed by atoms with Crippen LogP contribution in [-0.2, 0) is 12.8 Å². The van der Waals surface area contributed by atoms with E-state index in [2.05, 4.69) is 247 Å². The van der Waals surface area contributed by atoms with Crippen LogP contribution in [0.15, 0.2) is 196 Å². The number of hydrogen-bond acceptors (Lipinski definition) is 0. The highest BCUT2D eigenvalue weighted by Crippen LogP contribution is 2.57. The molecule has 0 N–H and O–H groups in total. The van der Waals surface area contributed by atoms with E-state index >= 15 is 0 Å². The summed E-state index contributed by atoms with van der Waals surface area (Å²) in [5, 5.41) is 0. The molecule has 0 unspecified atom stereocenters. The lowest BCUT2D eigenvalue weighted by molar-refractivity contribution is -0.0303. The molecule has 0 heterocycles. The molecule has 9 rings (SSSR count). The van der Waals surface area contributed by atoms with Crippen molar-refractivity contribution < 1.29 is 0 Å². The van der Waals surface area contributed by atoms with Gasteiger partial charge in [-0.15, -0.1) is 13.2 Å². The summed E-state index contributed by atoms with van der Waals surface area (Å²) in [6.45, 7) is 35.4. The van der Waals surface area contributed by atoms with Crippen molar-refractivity contribution in [2.75, 3.05) is 0 Å². The number of aryl methyl sites for hydroxylation is 2. The molecule has 5 aromatic carbocycles. The van der Waals surface area contributed by atoms with Crippen LogP contribution in [0.2, 0.25) is 0 Å². The zero-order valence-electron chi connectivity index (χ0n) is 49.6. The van der Waals surface area contributed by atoms with Crippen molar-refractivity contribution >= 4 is 18.2 Å². The third-order valence-corrected chi connectivity index (χ3v) is 19.7. The summed E-state index contributed by atoms with van der Waals surface area (Å²) in [6, 6.07) is 52.9. The first-order chi connectivity index (χ1) is 36.5. The minimum absolute atomic E-state index is 0. The molecular formula is C77H108. The summed E-state index contributed by atoms with van der Waals surface area (Å²) < 4.78 is 0. The van der Waals surface area contributed by atoms with Crippen LogP contribution >= 0.6 is 0 Å². The van der Waals surface area contributed by atoms with Gasteiger partial charge in [0.15, 0.2) is 0 Å². The van der Waals surface area contributed by atoms with Crippen molar-refractivity contribution in [3.05, 3.63) is 224 Å². The molecule has 0 nitrogen and oxygen atoms in total. The Morgan fingerprint density at radius 2 is 0.857 bits per heavy atom. The Balaban J connectivity index is 0.000000211. The summed E-state index contributed by atoms with van der Waals surface area (Å²) in [5.74, 6) is 6.91. The Morgan fingerprint density at radius 3 is 1.30 bits per heavy atom. The predicted molar refractivity (Wildman–Crippen MR) is 345 cm³/mol. The Labute approximate surface area is 474 Å². The van der Waals surface area contributed by atoms with Crippen LogP contribution in [0.4, 0.5) is 0 Å². The topological polar surface area (TPSA) is 0 Å². The molecule has 0 heteroatoms. The molecule has 0 aliphatic heterocycles. The Hall–Kier alpha value is -5.20. The summed E-state index contributed by atoms with van der Waals surface area (Å²) >= 11 is 0.